The van der Waals surface area contributed by atoms with Crippen molar-refractivity contribution in [1.82, 2.24) is 15.5 Å². The zero-order valence-electron chi connectivity index (χ0n) is 13.5. The van der Waals surface area contributed by atoms with Gasteiger partial charge in [-0.25, -0.2) is 4.98 Å². The topological polar surface area (TPSA) is 94.3 Å². The van der Waals surface area contributed by atoms with Gasteiger partial charge in [0.25, 0.3) is 11.6 Å². The van der Waals surface area contributed by atoms with E-state index in [4.69, 9.17) is 13.4 Å². The SMILES string of the molecule is Cc1noc2nc(-c3ccco3)cc(C(=O)NCCc3ccco3)c12. The average molecular weight is 337 g/mol. The lowest BCUT2D eigenvalue weighted by Crippen LogP contribution is -2.26. The van der Waals surface area contributed by atoms with Gasteiger partial charge in [0.1, 0.15) is 11.5 Å². The van der Waals surface area contributed by atoms with Gasteiger partial charge in [0.05, 0.1) is 29.2 Å². The number of fused-ring (bicyclic) bond motifs is 1. The molecule has 0 atom stereocenters. The second kappa shape index (κ2) is 6.27. The number of amides is 1. The van der Waals surface area contributed by atoms with Gasteiger partial charge in [-0.3, -0.25) is 4.79 Å². The molecule has 4 aromatic rings. The van der Waals surface area contributed by atoms with Crippen LogP contribution in [0.25, 0.3) is 22.6 Å². The van der Waals surface area contributed by atoms with Gasteiger partial charge in [-0.2, -0.15) is 0 Å². The molecular weight excluding hydrogens is 322 g/mol. The van der Waals surface area contributed by atoms with Gasteiger partial charge in [0.15, 0.2) is 5.76 Å². The van der Waals surface area contributed by atoms with Crippen LogP contribution in [0.15, 0.2) is 56.2 Å². The number of pyridine rings is 1. The molecule has 0 spiro atoms. The monoisotopic (exact) mass is 337 g/mol. The normalized spacial score (nSPS) is 11.1. The molecule has 25 heavy (non-hydrogen) atoms. The summed E-state index contributed by atoms with van der Waals surface area (Å²) >= 11 is 0. The molecule has 0 aliphatic rings. The van der Waals surface area contributed by atoms with E-state index in [1.807, 2.05) is 12.1 Å². The molecule has 0 unspecified atom stereocenters. The zero-order valence-corrected chi connectivity index (χ0v) is 13.5. The molecule has 0 aromatic carbocycles. The Morgan fingerprint density at radius 2 is 2.04 bits per heavy atom. The largest absolute Gasteiger partial charge is 0.469 e. The van der Waals surface area contributed by atoms with Crippen molar-refractivity contribution in [2.24, 2.45) is 0 Å². The van der Waals surface area contributed by atoms with Crippen molar-refractivity contribution in [2.75, 3.05) is 6.54 Å². The number of carbonyl (C=O) groups is 1. The van der Waals surface area contributed by atoms with Crippen molar-refractivity contribution in [1.29, 1.82) is 0 Å². The fourth-order valence-corrected chi connectivity index (χ4v) is 2.67. The van der Waals surface area contributed by atoms with Crippen molar-refractivity contribution in [3.63, 3.8) is 0 Å². The standard InChI is InChI=1S/C18H15N3O4/c1-11-16-13(17(22)19-7-6-12-4-2-8-23-12)10-14(15-5-3-9-24-15)20-18(16)25-21-11/h2-5,8-10H,6-7H2,1H3,(H,19,22). The van der Waals surface area contributed by atoms with Crippen molar-refractivity contribution >= 4 is 17.0 Å². The van der Waals surface area contributed by atoms with E-state index in [2.05, 4.69) is 15.5 Å². The number of aromatic nitrogens is 2. The smallest absolute Gasteiger partial charge is 0.259 e. The first kappa shape index (κ1) is 15.2. The number of nitrogens with zero attached hydrogens (tertiary/aromatic N) is 2. The number of hydrogen-bond donors (Lipinski definition) is 1. The van der Waals surface area contributed by atoms with Crippen LogP contribution >= 0.6 is 0 Å². The number of furan rings is 2. The van der Waals surface area contributed by atoms with Gasteiger partial charge in [0, 0.05) is 13.0 Å². The molecule has 0 saturated carbocycles. The van der Waals surface area contributed by atoms with Gasteiger partial charge < -0.3 is 18.7 Å². The first-order chi connectivity index (χ1) is 12.2. The van der Waals surface area contributed by atoms with Crippen LogP contribution in [0.1, 0.15) is 21.8 Å². The Hall–Kier alpha value is -3.35. The van der Waals surface area contributed by atoms with E-state index in [0.717, 1.165) is 5.76 Å². The van der Waals surface area contributed by atoms with Crippen LogP contribution in [0.5, 0.6) is 0 Å². The predicted octanol–water partition coefficient (Wildman–Crippen LogP) is 3.36. The van der Waals surface area contributed by atoms with E-state index in [1.165, 1.54) is 0 Å². The van der Waals surface area contributed by atoms with E-state index in [1.54, 1.807) is 37.6 Å². The second-order valence-corrected chi connectivity index (χ2v) is 5.57. The van der Waals surface area contributed by atoms with Gasteiger partial charge in [-0.15, -0.1) is 0 Å². The van der Waals surface area contributed by atoms with E-state index >= 15 is 0 Å². The number of carbonyl (C=O) groups excluding carboxylic acids is 1. The molecular formula is C18H15N3O4. The molecule has 126 valence electrons. The Kier molecular flexibility index (Phi) is 3.81. The summed E-state index contributed by atoms with van der Waals surface area (Å²) in [6.07, 6.45) is 3.77. The summed E-state index contributed by atoms with van der Waals surface area (Å²) in [5.74, 6) is 1.15. The van der Waals surface area contributed by atoms with Crippen LogP contribution in [0, 0.1) is 6.92 Å². The summed E-state index contributed by atoms with van der Waals surface area (Å²) in [6.45, 7) is 2.23. The lowest BCUT2D eigenvalue weighted by molar-refractivity contribution is 0.0955. The molecule has 0 bridgehead atoms. The quantitative estimate of drug-likeness (QED) is 0.600. The molecule has 0 aliphatic heterocycles. The fourth-order valence-electron chi connectivity index (χ4n) is 2.67. The summed E-state index contributed by atoms with van der Waals surface area (Å²) in [7, 11) is 0. The lowest BCUT2D eigenvalue weighted by atomic mass is 10.1. The van der Waals surface area contributed by atoms with Crippen LogP contribution in [0.4, 0.5) is 0 Å². The summed E-state index contributed by atoms with van der Waals surface area (Å²) in [6, 6.07) is 8.91. The molecule has 4 rings (SSSR count). The summed E-state index contributed by atoms with van der Waals surface area (Å²) in [5, 5.41) is 7.41. The fraction of sp³-hybridized carbons (Fsp3) is 0.167. The minimum Gasteiger partial charge on any atom is -0.469 e. The maximum atomic E-state index is 12.7. The molecule has 4 aromatic heterocycles. The third-order valence-electron chi connectivity index (χ3n) is 3.87. The Labute approximate surface area is 142 Å². The van der Waals surface area contributed by atoms with Crippen LogP contribution in [0.3, 0.4) is 0 Å². The molecule has 7 nitrogen and oxygen atoms in total. The summed E-state index contributed by atoms with van der Waals surface area (Å²) in [5.41, 5.74) is 1.90. The van der Waals surface area contributed by atoms with Crippen molar-refractivity contribution < 1.29 is 18.2 Å². The summed E-state index contributed by atoms with van der Waals surface area (Å²) < 4.78 is 15.9. The average Bonchev–Trinajstić information content (AvgIpc) is 3.36. The highest BCUT2D eigenvalue weighted by atomic mass is 16.5. The van der Waals surface area contributed by atoms with Gasteiger partial charge >= 0.3 is 0 Å². The molecule has 0 radical (unpaired) electrons. The first-order valence-electron chi connectivity index (χ1n) is 7.84. The molecule has 0 aliphatic carbocycles. The van der Waals surface area contributed by atoms with Gasteiger partial charge in [0.2, 0.25) is 0 Å². The number of aryl methyl sites for hydroxylation is 1. The third kappa shape index (κ3) is 2.91. The van der Waals surface area contributed by atoms with Crippen LogP contribution < -0.4 is 5.32 Å². The van der Waals surface area contributed by atoms with E-state index < -0.39 is 0 Å². The van der Waals surface area contributed by atoms with Crippen LogP contribution in [-0.2, 0) is 6.42 Å². The molecule has 1 N–H and O–H groups in total. The van der Waals surface area contributed by atoms with Gasteiger partial charge in [-0.1, -0.05) is 5.16 Å². The van der Waals surface area contributed by atoms with E-state index in [0.29, 0.717) is 46.8 Å². The van der Waals surface area contributed by atoms with Crippen LogP contribution in [0.2, 0.25) is 0 Å². The minimum absolute atomic E-state index is 0.224. The lowest BCUT2D eigenvalue weighted by Gasteiger charge is -2.07. The highest BCUT2D eigenvalue weighted by molar-refractivity contribution is 6.06. The van der Waals surface area contributed by atoms with Crippen molar-refractivity contribution in [3.8, 4) is 11.5 Å². The molecule has 1 amide bonds. The maximum Gasteiger partial charge on any atom is 0.259 e. The number of nitrogens with one attached hydrogen (secondary N) is 1. The Morgan fingerprint density at radius 3 is 2.80 bits per heavy atom. The number of hydrogen-bond acceptors (Lipinski definition) is 6. The van der Waals surface area contributed by atoms with Gasteiger partial charge in [-0.05, 0) is 37.3 Å². The molecule has 0 saturated heterocycles. The first-order valence-corrected chi connectivity index (χ1v) is 7.84. The highest BCUT2D eigenvalue weighted by Gasteiger charge is 2.20. The molecule has 7 heteroatoms. The van der Waals surface area contributed by atoms with Crippen LogP contribution in [-0.4, -0.2) is 22.6 Å². The number of rotatable bonds is 5. The second-order valence-electron chi connectivity index (χ2n) is 5.57. The van der Waals surface area contributed by atoms with E-state index in [-0.39, 0.29) is 5.91 Å². The Morgan fingerprint density at radius 1 is 1.20 bits per heavy atom. The maximum absolute atomic E-state index is 12.7. The van der Waals surface area contributed by atoms with Crippen molar-refractivity contribution in [2.45, 2.75) is 13.3 Å². The molecule has 0 fully saturated rings. The zero-order chi connectivity index (χ0) is 17.2. The summed E-state index contributed by atoms with van der Waals surface area (Å²) in [4.78, 5) is 17.1. The predicted molar refractivity (Wildman–Crippen MR) is 89.0 cm³/mol. The Balaban J connectivity index is 1.64. The van der Waals surface area contributed by atoms with Crippen molar-refractivity contribution in [3.05, 3.63) is 59.9 Å². The third-order valence-corrected chi connectivity index (χ3v) is 3.87. The Bertz CT molecular complexity index is 1000. The molecule has 4 heterocycles. The highest BCUT2D eigenvalue weighted by Crippen LogP contribution is 2.27. The van der Waals surface area contributed by atoms with E-state index in [9.17, 15) is 4.79 Å². The minimum atomic E-state index is -0.224.